The van der Waals surface area contributed by atoms with Crippen LogP contribution in [0.15, 0.2) is 24.3 Å². The number of hydrogen-bond donors (Lipinski definition) is 2. The number of piperidine rings is 1. The minimum Gasteiger partial charge on any atom is -0.497 e. The fourth-order valence-corrected chi connectivity index (χ4v) is 3.89. The molecule has 0 aromatic heterocycles. The van der Waals surface area contributed by atoms with E-state index in [-0.39, 0.29) is 48.4 Å². The Balaban J connectivity index is 0.00000261. The van der Waals surface area contributed by atoms with Gasteiger partial charge in [-0.3, -0.25) is 19.9 Å². The van der Waals surface area contributed by atoms with Gasteiger partial charge in [-0.2, -0.15) is 0 Å². The Morgan fingerprint density at radius 1 is 1.19 bits per heavy atom. The molecule has 3 rings (SSSR count). The number of Topliss-reactive ketones (excluding diaryl/α,β-unsaturated/α-hetero) is 1. The van der Waals surface area contributed by atoms with Crippen molar-refractivity contribution in [2.75, 3.05) is 33.3 Å². The number of nitrogens with two attached hydrogens (primary N) is 1. The Hall–Kier alpha value is -2.12. The number of hydrogen-bond acceptors (Lipinski definition) is 5. The fourth-order valence-electron chi connectivity index (χ4n) is 3.89. The molecular formula is C19H27ClN4O3. The molecule has 2 saturated heterocycles. The number of rotatable bonds is 6. The molecule has 0 saturated carbocycles. The van der Waals surface area contributed by atoms with Crippen LogP contribution in [0.2, 0.25) is 0 Å². The zero-order valence-corrected chi connectivity index (χ0v) is 16.3. The summed E-state index contributed by atoms with van der Waals surface area (Å²) in [5.74, 6) is 0.988. The van der Waals surface area contributed by atoms with Crippen molar-refractivity contribution in [1.82, 2.24) is 9.80 Å². The van der Waals surface area contributed by atoms with Crippen molar-refractivity contribution < 1.29 is 14.3 Å². The van der Waals surface area contributed by atoms with E-state index in [1.165, 1.54) is 0 Å². The lowest BCUT2D eigenvalue weighted by molar-refractivity contribution is -0.131. The van der Waals surface area contributed by atoms with E-state index < -0.39 is 0 Å². The van der Waals surface area contributed by atoms with Crippen LogP contribution in [0.25, 0.3) is 0 Å². The Morgan fingerprint density at radius 2 is 1.81 bits per heavy atom. The van der Waals surface area contributed by atoms with Gasteiger partial charge in [0.05, 0.1) is 19.7 Å². The summed E-state index contributed by atoms with van der Waals surface area (Å²) in [7, 11) is 1.61. The first-order valence-electron chi connectivity index (χ1n) is 9.03. The number of likely N-dealkylation sites (tertiary alicyclic amines) is 2. The summed E-state index contributed by atoms with van der Waals surface area (Å²) >= 11 is 0. The van der Waals surface area contributed by atoms with E-state index >= 15 is 0 Å². The minimum absolute atomic E-state index is 0. The second-order valence-corrected chi connectivity index (χ2v) is 6.99. The van der Waals surface area contributed by atoms with Crippen molar-refractivity contribution in [1.29, 1.82) is 5.41 Å². The van der Waals surface area contributed by atoms with Crippen LogP contribution in [-0.2, 0) is 4.79 Å². The van der Waals surface area contributed by atoms with Crippen molar-refractivity contribution in [3.8, 4) is 5.75 Å². The molecule has 1 unspecified atom stereocenters. The number of nitrogens with zero attached hydrogens (tertiary/aromatic N) is 2. The molecule has 2 aliphatic heterocycles. The fraction of sp³-hybridized carbons (Fsp3) is 0.526. The molecule has 0 aliphatic carbocycles. The number of carbonyl (C=O) groups excluding carboxylic acids is 2. The third-order valence-corrected chi connectivity index (χ3v) is 5.35. The van der Waals surface area contributed by atoms with E-state index in [4.69, 9.17) is 15.9 Å². The van der Waals surface area contributed by atoms with Crippen molar-refractivity contribution in [2.24, 2.45) is 11.7 Å². The number of methoxy groups -OCH3 is 1. The van der Waals surface area contributed by atoms with Gasteiger partial charge in [-0.05, 0) is 56.6 Å². The van der Waals surface area contributed by atoms with Gasteiger partial charge in [-0.15, -0.1) is 12.4 Å². The SMILES string of the molecule is COc1ccc(C(=O)C2CCN(C3CCN(CC(=N)N)C3=O)CC2)cc1.Cl. The van der Waals surface area contributed by atoms with Crippen molar-refractivity contribution >= 4 is 29.9 Å². The van der Waals surface area contributed by atoms with Crippen LogP contribution in [0.3, 0.4) is 0 Å². The van der Waals surface area contributed by atoms with Crippen LogP contribution in [-0.4, -0.2) is 66.7 Å². The maximum absolute atomic E-state index is 12.7. The number of amides is 1. The van der Waals surface area contributed by atoms with Crippen molar-refractivity contribution in [3.63, 3.8) is 0 Å². The Bertz CT molecular complexity index is 687. The van der Waals surface area contributed by atoms with Gasteiger partial charge in [-0.25, -0.2) is 0 Å². The van der Waals surface area contributed by atoms with E-state index in [1.807, 2.05) is 24.3 Å². The molecule has 8 heteroatoms. The van der Waals surface area contributed by atoms with Gasteiger partial charge in [0.2, 0.25) is 5.91 Å². The van der Waals surface area contributed by atoms with E-state index in [9.17, 15) is 9.59 Å². The predicted molar refractivity (Wildman–Crippen MR) is 106 cm³/mol. The summed E-state index contributed by atoms with van der Waals surface area (Å²) in [5.41, 5.74) is 6.13. The van der Waals surface area contributed by atoms with Gasteiger partial charge in [-0.1, -0.05) is 0 Å². The lowest BCUT2D eigenvalue weighted by Crippen LogP contribution is -2.47. The van der Waals surface area contributed by atoms with Crippen LogP contribution in [0.4, 0.5) is 0 Å². The highest BCUT2D eigenvalue weighted by molar-refractivity contribution is 5.98. The summed E-state index contributed by atoms with van der Waals surface area (Å²) in [4.78, 5) is 29.0. The highest BCUT2D eigenvalue weighted by Crippen LogP contribution is 2.27. The third-order valence-electron chi connectivity index (χ3n) is 5.35. The quantitative estimate of drug-likeness (QED) is 0.433. The molecule has 1 aromatic carbocycles. The summed E-state index contributed by atoms with van der Waals surface area (Å²) in [6.07, 6.45) is 2.30. The first-order chi connectivity index (χ1) is 12.5. The lowest BCUT2D eigenvalue weighted by atomic mass is 9.88. The number of ether oxygens (including phenoxy) is 1. The molecule has 1 atom stereocenters. The summed E-state index contributed by atoms with van der Waals surface area (Å²) < 4.78 is 5.13. The molecule has 3 N–H and O–H groups in total. The highest BCUT2D eigenvalue weighted by Gasteiger charge is 2.38. The van der Waals surface area contributed by atoms with Crippen LogP contribution >= 0.6 is 12.4 Å². The monoisotopic (exact) mass is 394 g/mol. The first-order valence-corrected chi connectivity index (χ1v) is 9.03. The van der Waals surface area contributed by atoms with E-state index in [0.717, 1.165) is 38.1 Å². The zero-order valence-electron chi connectivity index (χ0n) is 15.5. The molecule has 1 aromatic rings. The molecule has 2 aliphatic rings. The zero-order chi connectivity index (χ0) is 18.7. The van der Waals surface area contributed by atoms with E-state index in [1.54, 1.807) is 12.0 Å². The Morgan fingerprint density at radius 3 is 2.37 bits per heavy atom. The van der Waals surface area contributed by atoms with Crippen LogP contribution < -0.4 is 10.5 Å². The van der Waals surface area contributed by atoms with E-state index in [0.29, 0.717) is 12.1 Å². The second kappa shape index (κ2) is 9.19. The van der Waals surface area contributed by atoms with Crippen LogP contribution in [0.1, 0.15) is 29.6 Å². The molecule has 0 radical (unpaired) electrons. The minimum atomic E-state index is -0.133. The molecule has 27 heavy (non-hydrogen) atoms. The molecule has 0 spiro atoms. The number of halogens is 1. The standard InChI is InChI=1S/C19H26N4O3.ClH/c1-26-15-4-2-13(3-5-15)18(24)14-6-9-22(10-7-14)16-8-11-23(19(16)25)12-17(20)21;/h2-5,14,16H,6-12H2,1H3,(H3,20,21);1H. The number of ketones is 1. The Labute approximate surface area is 165 Å². The second-order valence-electron chi connectivity index (χ2n) is 6.99. The number of carbonyl (C=O) groups is 2. The van der Waals surface area contributed by atoms with Crippen molar-refractivity contribution in [2.45, 2.75) is 25.3 Å². The molecule has 2 heterocycles. The van der Waals surface area contributed by atoms with Gasteiger partial charge >= 0.3 is 0 Å². The van der Waals surface area contributed by atoms with Gasteiger partial charge < -0.3 is 15.4 Å². The molecule has 0 bridgehead atoms. The molecule has 1 amide bonds. The molecule has 7 nitrogen and oxygen atoms in total. The summed E-state index contributed by atoms with van der Waals surface area (Å²) in [6, 6.07) is 7.11. The van der Waals surface area contributed by atoms with Gasteiger partial charge in [0, 0.05) is 18.0 Å². The Kier molecular flexibility index (Phi) is 7.21. The predicted octanol–water partition coefficient (Wildman–Crippen LogP) is 1.55. The normalized spacial score (nSPS) is 21.0. The molecule has 148 valence electrons. The highest BCUT2D eigenvalue weighted by atomic mass is 35.5. The smallest absolute Gasteiger partial charge is 0.240 e. The average molecular weight is 395 g/mol. The lowest BCUT2D eigenvalue weighted by Gasteiger charge is -2.34. The first kappa shape index (κ1) is 21.2. The average Bonchev–Trinajstić information content (AvgIpc) is 3.01. The summed E-state index contributed by atoms with van der Waals surface area (Å²) in [6.45, 7) is 2.35. The molecular weight excluding hydrogens is 368 g/mol. The summed E-state index contributed by atoms with van der Waals surface area (Å²) in [5, 5.41) is 7.37. The third kappa shape index (κ3) is 4.78. The number of amidine groups is 1. The van der Waals surface area contributed by atoms with E-state index in [2.05, 4.69) is 4.90 Å². The number of benzene rings is 1. The number of nitrogens with one attached hydrogen (secondary N) is 1. The van der Waals surface area contributed by atoms with Crippen molar-refractivity contribution in [3.05, 3.63) is 29.8 Å². The van der Waals surface area contributed by atoms with Gasteiger partial charge in [0.1, 0.15) is 11.6 Å². The topological polar surface area (TPSA) is 99.7 Å². The van der Waals surface area contributed by atoms with Crippen LogP contribution in [0, 0.1) is 11.3 Å². The van der Waals surface area contributed by atoms with Gasteiger partial charge in [0.25, 0.3) is 0 Å². The maximum atomic E-state index is 12.7. The maximum Gasteiger partial charge on any atom is 0.240 e. The molecule has 2 fully saturated rings. The van der Waals surface area contributed by atoms with Gasteiger partial charge in [0.15, 0.2) is 5.78 Å². The van der Waals surface area contributed by atoms with Crippen LogP contribution in [0.5, 0.6) is 5.75 Å². The largest absolute Gasteiger partial charge is 0.497 e.